The Balaban J connectivity index is 0.00000150. The van der Waals surface area contributed by atoms with Crippen molar-refractivity contribution in [3.05, 3.63) is 48.2 Å². The number of fused-ring (bicyclic) bond motifs is 1. The van der Waals surface area contributed by atoms with Crippen LogP contribution in [0.3, 0.4) is 0 Å². The van der Waals surface area contributed by atoms with Crippen molar-refractivity contribution in [2.75, 3.05) is 13.1 Å². The Morgan fingerprint density at radius 1 is 1.24 bits per heavy atom. The molecule has 1 fully saturated rings. The van der Waals surface area contributed by atoms with Crippen LogP contribution in [0, 0.1) is 0 Å². The Kier molecular flexibility index (Phi) is 8.02. The highest BCUT2D eigenvalue weighted by atomic mass is 35.5. The highest BCUT2D eigenvalue weighted by Crippen LogP contribution is 2.26. The van der Waals surface area contributed by atoms with E-state index < -0.39 is 0 Å². The second-order valence-corrected chi connectivity index (χ2v) is 7.36. The first-order chi connectivity index (χ1) is 13.1. The lowest BCUT2D eigenvalue weighted by atomic mass is 10.0. The van der Waals surface area contributed by atoms with E-state index in [0.29, 0.717) is 5.56 Å². The van der Waals surface area contributed by atoms with Gasteiger partial charge in [0.05, 0.1) is 22.8 Å². The van der Waals surface area contributed by atoms with Crippen LogP contribution in [0.15, 0.2) is 42.6 Å². The minimum Gasteiger partial charge on any atom is -0.348 e. The number of nitrogens with zero attached hydrogens (tertiary/aromatic N) is 3. The molecule has 1 aliphatic rings. The highest BCUT2D eigenvalue weighted by molar-refractivity contribution is 6.06. The van der Waals surface area contributed by atoms with Crippen molar-refractivity contribution < 1.29 is 4.79 Å². The molecular formula is C21H27Cl2N5O. The van der Waals surface area contributed by atoms with E-state index in [1.807, 2.05) is 41.1 Å². The van der Waals surface area contributed by atoms with Crippen LogP contribution < -0.4 is 10.6 Å². The van der Waals surface area contributed by atoms with Crippen LogP contribution in [0.5, 0.6) is 0 Å². The second-order valence-electron chi connectivity index (χ2n) is 7.36. The van der Waals surface area contributed by atoms with Gasteiger partial charge in [0.1, 0.15) is 0 Å². The molecule has 29 heavy (non-hydrogen) atoms. The van der Waals surface area contributed by atoms with Crippen LogP contribution in [0.2, 0.25) is 0 Å². The SMILES string of the molecule is CC(C)n1ncc2c(C(=O)NC3CCCNC3)cc(-c3ccccc3)nc21.Cl.Cl. The Morgan fingerprint density at radius 2 is 2.00 bits per heavy atom. The smallest absolute Gasteiger partial charge is 0.252 e. The van der Waals surface area contributed by atoms with Crippen molar-refractivity contribution in [1.29, 1.82) is 0 Å². The van der Waals surface area contributed by atoms with E-state index in [2.05, 4.69) is 29.6 Å². The summed E-state index contributed by atoms with van der Waals surface area (Å²) in [5.74, 6) is -0.0587. The molecule has 2 aromatic heterocycles. The monoisotopic (exact) mass is 435 g/mol. The summed E-state index contributed by atoms with van der Waals surface area (Å²) in [6.07, 6.45) is 3.84. The first-order valence-corrected chi connectivity index (χ1v) is 9.59. The first-order valence-electron chi connectivity index (χ1n) is 9.59. The minimum absolute atomic E-state index is 0. The molecule has 0 saturated carbocycles. The summed E-state index contributed by atoms with van der Waals surface area (Å²) >= 11 is 0. The standard InChI is InChI=1S/C21H25N5O.2ClH/c1-14(2)26-20-18(13-23-26)17(21(27)24-16-9-6-10-22-12-16)11-19(25-20)15-7-4-3-5-8-15;;/h3-5,7-8,11,13-14,16,22H,6,9-10,12H2,1-2H3,(H,24,27);2*1H. The fourth-order valence-corrected chi connectivity index (χ4v) is 3.58. The molecule has 1 atom stereocenters. The van der Waals surface area contributed by atoms with Gasteiger partial charge in [-0.3, -0.25) is 4.79 Å². The summed E-state index contributed by atoms with van der Waals surface area (Å²) in [7, 11) is 0. The predicted molar refractivity (Wildman–Crippen MR) is 121 cm³/mol. The van der Waals surface area contributed by atoms with Crippen LogP contribution in [0.1, 0.15) is 43.1 Å². The van der Waals surface area contributed by atoms with Crippen LogP contribution in [-0.4, -0.2) is 39.8 Å². The maximum absolute atomic E-state index is 13.1. The number of piperidine rings is 1. The number of carbonyl (C=O) groups excluding carboxylic acids is 1. The molecule has 0 radical (unpaired) electrons. The molecule has 1 saturated heterocycles. The summed E-state index contributed by atoms with van der Waals surface area (Å²) in [6, 6.07) is 12.2. The van der Waals surface area contributed by atoms with Gasteiger partial charge >= 0.3 is 0 Å². The minimum atomic E-state index is -0.0587. The molecule has 1 unspecified atom stereocenters. The maximum Gasteiger partial charge on any atom is 0.252 e. The molecule has 1 amide bonds. The summed E-state index contributed by atoms with van der Waals surface area (Å²) < 4.78 is 1.88. The van der Waals surface area contributed by atoms with Gasteiger partial charge in [-0.2, -0.15) is 5.10 Å². The summed E-state index contributed by atoms with van der Waals surface area (Å²) in [4.78, 5) is 17.9. The lowest BCUT2D eigenvalue weighted by Crippen LogP contribution is -2.45. The molecule has 3 aromatic rings. The fourth-order valence-electron chi connectivity index (χ4n) is 3.58. The molecule has 8 heteroatoms. The lowest BCUT2D eigenvalue weighted by molar-refractivity contribution is 0.0932. The molecule has 6 nitrogen and oxygen atoms in total. The normalized spacial score (nSPS) is 16.2. The van der Waals surface area contributed by atoms with Gasteiger partial charge in [-0.1, -0.05) is 30.3 Å². The Hall–Kier alpha value is -2.15. The van der Waals surface area contributed by atoms with E-state index in [1.54, 1.807) is 6.20 Å². The predicted octanol–water partition coefficient (Wildman–Crippen LogP) is 4.00. The zero-order valence-electron chi connectivity index (χ0n) is 16.6. The average Bonchev–Trinajstić information content (AvgIpc) is 3.13. The molecule has 4 rings (SSSR count). The number of halogens is 2. The van der Waals surface area contributed by atoms with E-state index >= 15 is 0 Å². The number of amides is 1. The Bertz CT molecular complexity index is 952. The fraction of sp³-hybridized carbons (Fsp3) is 0.381. The van der Waals surface area contributed by atoms with Gasteiger partial charge in [-0.25, -0.2) is 9.67 Å². The Morgan fingerprint density at radius 3 is 2.66 bits per heavy atom. The van der Waals surface area contributed by atoms with Crippen molar-refractivity contribution in [3.8, 4) is 11.3 Å². The number of carbonyl (C=O) groups is 1. The summed E-state index contributed by atoms with van der Waals surface area (Å²) in [5.41, 5.74) is 3.16. The first kappa shape index (κ1) is 23.1. The summed E-state index contributed by atoms with van der Waals surface area (Å²) in [6.45, 7) is 5.97. The van der Waals surface area contributed by atoms with Crippen LogP contribution in [-0.2, 0) is 0 Å². The number of hydrogen-bond acceptors (Lipinski definition) is 4. The van der Waals surface area contributed by atoms with Crippen LogP contribution >= 0.6 is 24.8 Å². The van der Waals surface area contributed by atoms with Crippen LogP contribution in [0.4, 0.5) is 0 Å². The molecule has 156 valence electrons. The molecule has 0 aliphatic carbocycles. The Labute approximate surface area is 183 Å². The summed E-state index contributed by atoms with van der Waals surface area (Å²) in [5, 5.41) is 11.8. The number of rotatable bonds is 4. The largest absolute Gasteiger partial charge is 0.348 e. The van der Waals surface area contributed by atoms with E-state index in [9.17, 15) is 4.79 Å². The molecule has 2 N–H and O–H groups in total. The van der Waals surface area contributed by atoms with Crippen LogP contribution in [0.25, 0.3) is 22.3 Å². The van der Waals surface area contributed by atoms with Gasteiger partial charge in [0.2, 0.25) is 0 Å². The molecule has 1 aliphatic heterocycles. The zero-order valence-corrected chi connectivity index (χ0v) is 18.2. The second kappa shape index (κ2) is 10.1. The molecule has 0 spiro atoms. The van der Waals surface area contributed by atoms with Crippen molar-refractivity contribution in [2.24, 2.45) is 0 Å². The third kappa shape index (κ3) is 4.89. The van der Waals surface area contributed by atoms with Gasteiger partial charge in [0, 0.05) is 24.2 Å². The molecule has 3 heterocycles. The van der Waals surface area contributed by atoms with E-state index in [1.165, 1.54) is 0 Å². The highest BCUT2D eigenvalue weighted by Gasteiger charge is 2.21. The third-order valence-electron chi connectivity index (χ3n) is 5.00. The van der Waals surface area contributed by atoms with Gasteiger partial charge in [0.25, 0.3) is 5.91 Å². The van der Waals surface area contributed by atoms with Gasteiger partial charge in [-0.15, -0.1) is 24.8 Å². The van der Waals surface area contributed by atoms with Gasteiger partial charge in [0.15, 0.2) is 5.65 Å². The van der Waals surface area contributed by atoms with Crippen molar-refractivity contribution >= 4 is 41.8 Å². The maximum atomic E-state index is 13.1. The van der Waals surface area contributed by atoms with Crippen molar-refractivity contribution in [3.63, 3.8) is 0 Å². The van der Waals surface area contributed by atoms with Crippen molar-refractivity contribution in [1.82, 2.24) is 25.4 Å². The number of aromatic nitrogens is 3. The lowest BCUT2D eigenvalue weighted by Gasteiger charge is -2.24. The van der Waals surface area contributed by atoms with Crippen molar-refractivity contribution in [2.45, 2.75) is 38.8 Å². The number of benzene rings is 1. The zero-order chi connectivity index (χ0) is 18.8. The molecule has 0 bridgehead atoms. The quantitative estimate of drug-likeness (QED) is 0.649. The topological polar surface area (TPSA) is 71.8 Å². The third-order valence-corrected chi connectivity index (χ3v) is 5.00. The average molecular weight is 436 g/mol. The number of nitrogens with one attached hydrogen (secondary N) is 2. The van der Waals surface area contributed by atoms with E-state index in [4.69, 9.17) is 4.98 Å². The van der Waals surface area contributed by atoms with Gasteiger partial charge < -0.3 is 10.6 Å². The number of hydrogen-bond donors (Lipinski definition) is 2. The van der Waals surface area contributed by atoms with E-state index in [0.717, 1.165) is 48.2 Å². The molecular weight excluding hydrogens is 409 g/mol. The van der Waals surface area contributed by atoms with Gasteiger partial charge in [-0.05, 0) is 39.3 Å². The number of pyridine rings is 1. The van der Waals surface area contributed by atoms with E-state index in [-0.39, 0.29) is 42.8 Å². The molecule has 1 aromatic carbocycles.